The zero-order chi connectivity index (χ0) is 41.0. The quantitative estimate of drug-likeness (QED) is 0.161. The van der Waals surface area contributed by atoms with Gasteiger partial charge >= 0.3 is 0 Å². The Morgan fingerprint density at radius 3 is 1.40 bits per heavy atom. The molecule has 0 fully saturated rings. The summed E-state index contributed by atoms with van der Waals surface area (Å²) in [5.41, 5.74) is 16.0. The minimum Gasteiger partial charge on any atom is -0.456 e. The fourth-order valence-electron chi connectivity index (χ4n) is 9.65. The summed E-state index contributed by atoms with van der Waals surface area (Å²) in [6.45, 7) is 0. The van der Waals surface area contributed by atoms with Crippen LogP contribution in [0.1, 0.15) is 22.3 Å². The third kappa shape index (κ3) is 5.72. The molecule has 12 rings (SSSR count). The molecule has 1 aliphatic rings. The number of rotatable bonds is 7. The minimum atomic E-state index is -0.506. The summed E-state index contributed by atoms with van der Waals surface area (Å²) < 4.78 is 6.65. The van der Waals surface area contributed by atoms with Crippen LogP contribution in [0.5, 0.6) is 0 Å². The normalized spacial score (nSPS) is 12.6. The molecule has 4 nitrogen and oxygen atoms in total. The Balaban J connectivity index is 0.991. The van der Waals surface area contributed by atoms with Crippen molar-refractivity contribution in [1.29, 1.82) is 0 Å². The van der Waals surface area contributed by atoms with Crippen molar-refractivity contribution in [1.82, 2.24) is 15.0 Å². The van der Waals surface area contributed by atoms with Crippen molar-refractivity contribution in [3.05, 3.63) is 247 Å². The van der Waals surface area contributed by atoms with Gasteiger partial charge in [-0.3, -0.25) is 0 Å². The maximum atomic E-state index is 6.65. The fourth-order valence-corrected chi connectivity index (χ4v) is 9.65. The molecule has 0 saturated carbocycles. The Morgan fingerprint density at radius 2 is 0.774 bits per heavy atom. The Hall–Kier alpha value is -8.21. The number of furan rings is 1. The molecule has 0 radical (unpaired) electrons. The zero-order valence-corrected chi connectivity index (χ0v) is 33.6. The third-order valence-corrected chi connectivity index (χ3v) is 12.4. The standard InChI is InChI=1S/C58H37N3O/c1-4-17-38(18-5-1)55-59-56(39-19-6-2-7-20-39)61-57(60-55)43-24-15-22-41(36-43)40-21-14-23-42(35-40)46-29-16-32-53-54(46)49-37-45(33-34-52(49)62-53)58(44-25-8-3-9-26-44)50-30-12-10-27-47(50)48-28-11-13-31-51(48)58/h1-37H. The molecule has 4 heteroatoms. The van der Waals surface area contributed by atoms with Gasteiger partial charge in [0, 0.05) is 27.5 Å². The second kappa shape index (κ2) is 14.5. The van der Waals surface area contributed by atoms with Gasteiger partial charge in [-0.15, -0.1) is 0 Å². The molecule has 1 aliphatic carbocycles. The van der Waals surface area contributed by atoms with E-state index >= 15 is 0 Å². The van der Waals surface area contributed by atoms with Gasteiger partial charge in [0.1, 0.15) is 11.2 Å². The highest BCUT2D eigenvalue weighted by Crippen LogP contribution is 2.56. The number of aromatic nitrogens is 3. The first kappa shape index (κ1) is 35.7. The van der Waals surface area contributed by atoms with E-state index in [1.807, 2.05) is 60.7 Å². The Kier molecular flexibility index (Phi) is 8.36. The molecule has 0 N–H and O–H groups in total. The molecule has 11 aromatic rings. The highest BCUT2D eigenvalue weighted by atomic mass is 16.3. The fraction of sp³-hybridized carbons (Fsp3) is 0.0172. The van der Waals surface area contributed by atoms with Gasteiger partial charge in [0.25, 0.3) is 0 Å². The SMILES string of the molecule is c1ccc(-c2nc(-c3ccccc3)nc(-c3cccc(-c4cccc(-c5cccc6oc7ccc(C8(c9ccccc9)c9ccccc9-c9ccccc98)cc7c56)c4)c3)n2)cc1. The second-order valence-electron chi connectivity index (χ2n) is 15.9. The molecule has 0 bridgehead atoms. The van der Waals surface area contributed by atoms with Crippen LogP contribution < -0.4 is 0 Å². The number of nitrogens with zero attached hydrogens (tertiary/aromatic N) is 3. The van der Waals surface area contributed by atoms with E-state index in [2.05, 4.69) is 164 Å². The number of fused-ring (bicyclic) bond motifs is 6. The molecule has 290 valence electrons. The molecular weight excluding hydrogens is 755 g/mol. The van der Waals surface area contributed by atoms with E-state index in [0.717, 1.165) is 60.9 Å². The maximum absolute atomic E-state index is 6.65. The van der Waals surface area contributed by atoms with Crippen molar-refractivity contribution in [3.63, 3.8) is 0 Å². The Labute approximate surface area is 359 Å². The monoisotopic (exact) mass is 791 g/mol. The van der Waals surface area contributed by atoms with E-state index in [1.165, 1.54) is 33.4 Å². The number of benzene rings is 9. The summed E-state index contributed by atoms with van der Waals surface area (Å²) >= 11 is 0. The molecule has 0 atom stereocenters. The van der Waals surface area contributed by atoms with Crippen LogP contribution in [0.2, 0.25) is 0 Å². The Morgan fingerprint density at radius 1 is 0.306 bits per heavy atom. The van der Waals surface area contributed by atoms with Gasteiger partial charge in [-0.2, -0.15) is 0 Å². The van der Waals surface area contributed by atoms with Gasteiger partial charge in [0.15, 0.2) is 17.5 Å². The predicted molar refractivity (Wildman–Crippen MR) is 252 cm³/mol. The van der Waals surface area contributed by atoms with Gasteiger partial charge in [0.05, 0.1) is 5.41 Å². The van der Waals surface area contributed by atoms with Crippen LogP contribution in [0.15, 0.2) is 229 Å². The molecule has 2 heterocycles. The van der Waals surface area contributed by atoms with Crippen LogP contribution in [0.4, 0.5) is 0 Å². The summed E-state index contributed by atoms with van der Waals surface area (Å²) in [4.78, 5) is 14.9. The first-order chi connectivity index (χ1) is 30.7. The average molecular weight is 792 g/mol. The van der Waals surface area contributed by atoms with Crippen molar-refractivity contribution < 1.29 is 4.42 Å². The van der Waals surface area contributed by atoms with Crippen LogP contribution >= 0.6 is 0 Å². The third-order valence-electron chi connectivity index (χ3n) is 12.4. The van der Waals surface area contributed by atoms with Crippen LogP contribution in [-0.2, 0) is 5.41 Å². The topological polar surface area (TPSA) is 51.8 Å². The van der Waals surface area contributed by atoms with Crippen molar-refractivity contribution in [2.75, 3.05) is 0 Å². The van der Waals surface area contributed by atoms with Crippen molar-refractivity contribution in [2.45, 2.75) is 5.41 Å². The summed E-state index contributed by atoms with van der Waals surface area (Å²) in [6.07, 6.45) is 0. The second-order valence-corrected chi connectivity index (χ2v) is 15.9. The summed E-state index contributed by atoms with van der Waals surface area (Å²) in [5, 5.41) is 2.20. The number of hydrogen-bond acceptors (Lipinski definition) is 4. The molecule has 9 aromatic carbocycles. The molecule has 0 aliphatic heterocycles. The van der Waals surface area contributed by atoms with Crippen LogP contribution in [0.3, 0.4) is 0 Å². The Bertz CT molecular complexity index is 3360. The lowest BCUT2D eigenvalue weighted by Crippen LogP contribution is -2.28. The van der Waals surface area contributed by atoms with Gasteiger partial charge in [-0.1, -0.05) is 194 Å². The van der Waals surface area contributed by atoms with Crippen molar-refractivity contribution in [3.8, 4) is 67.5 Å². The van der Waals surface area contributed by atoms with Crippen molar-refractivity contribution in [2.24, 2.45) is 0 Å². The highest BCUT2D eigenvalue weighted by Gasteiger charge is 2.46. The van der Waals surface area contributed by atoms with E-state index < -0.39 is 5.41 Å². The van der Waals surface area contributed by atoms with Gasteiger partial charge in [-0.05, 0) is 86.0 Å². The van der Waals surface area contributed by atoms with E-state index in [4.69, 9.17) is 19.4 Å². The lowest BCUT2D eigenvalue weighted by molar-refractivity contribution is 0.668. The lowest BCUT2D eigenvalue weighted by Gasteiger charge is -2.33. The maximum Gasteiger partial charge on any atom is 0.164 e. The van der Waals surface area contributed by atoms with E-state index in [0.29, 0.717) is 17.5 Å². The smallest absolute Gasteiger partial charge is 0.164 e. The van der Waals surface area contributed by atoms with E-state index in [1.54, 1.807) is 0 Å². The van der Waals surface area contributed by atoms with Crippen LogP contribution in [0, 0.1) is 0 Å². The molecule has 2 aromatic heterocycles. The largest absolute Gasteiger partial charge is 0.456 e. The first-order valence-electron chi connectivity index (χ1n) is 21.0. The van der Waals surface area contributed by atoms with Crippen LogP contribution in [0.25, 0.3) is 89.5 Å². The predicted octanol–water partition coefficient (Wildman–Crippen LogP) is 14.5. The first-order valence-corrected chi connectivity index (χ1v) is 21.0. The lowest BCUT2D eigenvalue weighted by atomic mass is 9.67. The summed E-state index contributed by atoms with van der Waals surface area (Å²) in [5.74, 6) is 1.91. The summed E-state index contributed by atoms with van der Waals surface area (Å²) in [7, 11) is 0. The molecular formula is C58H37N3O. The van der Waals surface area contributed by atoms with Crippen molar-refractivity contribution >= 4 is 21.9 Å². The zero-order valence-electron chi connectivity index (χ0n) is 33.6. The molecule has 0 spiro atoms. The highest BCUT2D eigenvalue weighted by molar-refractivity contribution is 6.13. The molecule has 0 saturated heterocycles. The van der Waals surface area contributed by atoms with Gasteiger partial charge < -0.3 is 4.42 Å². The van der Waals surface area contributed by atoms with E-state index in [-0.39, 0.29) is 0 Å². The van der Waals surface area contributed by atoms with Gasteiger partial charge in [-0.25, -0.2) is 15.0 Å². The van der Waals surface area contributed by atoms with Crippen LogP contribution in [-0.4, -0.2) is 15.0 Å². The molecule has 0 amide bonds. The number of hydrogen-bond donors (Lipinski definition) is 0. The average Bonchev–Trinajstić information content (AvgIpc) is 3.88. The molecule has 0 unspecified atom stereocenters. The van der Waals surface area contributed by atoms with Gasteiger partial charge in [0.2, 0.25) is 0 Å². The minimum absolute atomic E-state index is 0.506. The van der Waals surface area contributed by atoms with E-state index in [9.17, 15) is 0 Å². The summed E-state index contributed by atoms with van der Waals surface area (Å²) in [6, 6.07) is 79.4. The molecule has 62 heavy (non-hydrogen) atoms.